The number of hydrogen-bond acceptors (Lipinski definition) is 3. The average molecular weight is 281 g/mol. The van der Waals surface area contributed by atoms with Crippen molar-refractivity contribution in [3.8, 4) is 0 Å². The van der Waals surface area contributed by atoms with Gasteiger partial charge in [-0.05, 0) is 44.7 Å². The summed E-state index contributed by atoms with van der Waals surface area (Å²) in [6.45, 7) is 6.90. The lowest BCUT2D eigenvalue weighted by Gasteiger charge is -2.49. The monoisotopic (exact) mass is 281 g/mol. The largest absolute Gasteiger partial charge is 0.384 e. The molecular formula is C16H27NOS. The summed E-state index contributed by atoms with van der Waals surface area (Å²) in [6.07, 6.45) is 5.78. The van der Waals surface area contributed by atoms with Gasteiger partial charge in [0.15, 0.2) is 0 Å². The fourth-order valence-corrected chi connectivity index (χ4v) is 4.65. The van der Waals surface area contributed by atoms with E-state index in [2.05, 4.69) is 26.0 Å². The number of rotatable bonds is 4. The maximum Gasteiger partial charge on any atom is 0.103 e. The second-order valence-corrected chi connectivity index (χ2v) is 7.63. The molecule has 0 bridgehead atoms. The van der Waals surface area contributed by atoms with Crippen molar-refractivity contribution in [1.82, 2.24) is 0 Å². The van der Waals surface area contributed by atoms with Crippen LogP contribution in [0, 0.1) is 18.3 Å². The van der Waals surface area contributed by atoms with Crippen molar-refractivity contribution >= 4 is 11.3 Å². The second kappa shape index (κ2) is 5.55. The molecule has 3 unspecified atom stereocenters. The molecular weight excluding hydrogens is 254 g/mol. The van der Waals surface area contributed by atoms with Gasteiger partial charge < -0.3 is 10.8 Å². The highest BCUT2D eigenvalue weighted by Gasteiger charge is 2.49. The molecule has 2 rings (SSSR count). The third-order valence-electron chi connectivity index (χ3n) is 5.17. The van der Waals surface area contributed by atoms with Gasteiger partial charge in [-0.15, -0.1) is 11.3 Å². The second-order valence-electron chi connectivity index (χ2n) is 6.34. The molecule has 1 aromatic heterocycles. The van der Waals surface area contributed by atoms with Crippen LogP contribution in [0.5, 0.6) is 0 Å². The van der Waals surface area contributed by atoms with E-state index in [1.807, 2.05) is 6.92 Å². The van der Waals surface area contributed by atoms with E-state index in [-0.39, 0.29) is 5.41 Å². The Hall–Kier alpha value is -0.380. The van der Waals surface area contributed by atoms with E-state index in [1.165, 1.54) is 24.1 Å². The fourth-order valence-electron chi connectivity index (χ4n) is 3.62. The Balaban J connectivity index is 2.33. The van der Waals surface area contributed by atoms with Gasteiger partial charge in [-0.2, -0.15) is 0 Å². The summed E-state index contributed by atoms with van der Waals surface area (Å²) in [5.74, 6) is 0.713. The molecule has 3 heteroatoms. The van der Waals surface area contributed by atoms with Gasteiger partial charge in [0, 0.05) is 21.7 Å². The molecule has 0 radical (unpaired) electrons. The van der Waals surface area contributed by atoms with E-state index in [0.29, 0.717) is 12.5 Å². The summed E-state index contributed by atoms with van der Waals surface area (Å²) in [4.78, 5) is 2.33. The van der Waals surface area contributed by atoms with Crippen LogP contribution in [0.4, 0.5) is 0 Å². The van der Waals surface area contributed by atoms with Gasteiger partial charge in [0.05, 0.1) is 0 Å². The van der Waals surface area contributed by atoms with Crippen molar-refractivity contribution in [2.45, 2.75) is 58.5 Å². The molecule has 3 N–H and O–H groups in total. The molecule has 0 spiro atoms. The molecule has 0 aliphatic heterocycles. The first kappa shape index (κ1) is 15.0. The maximum absolute atomic E-state index is 11.2. The summed E-state index contributed by atoms with van der Waals surface area (Å²) in [5, 5.41) is 11.2. The third-order valence-corrected chi connectivity index (χ3v) is 6.38. The Labute approximate surface area is 121 Å². The van der Waals surface area contributed by atoms with Crippen molar-refractivity contribution in [3.05, 3.63) is 21.9 Å². The van der Waals surface area contributed by atoms with Gasteiger partial charge in [0.2, 0.25) is 0 Å². The molecule has 2 nitrogen and oxygen atoms in total. The van der Waals surface area contributed by atoms with E-state index in [0.717, 1.165) is 17.7 Å². The molecule has 3 atom stereocenters. The van der Waals surface area contributed by atoms with Gasteiger partial charge in [-0.1, -0.05) is 26.2 Å². The van der Waals surface area contributed by atoms with Crippen LogP contribution in [0.2, 0.25) is 0 Å². The van der Waals surface area contributed by atoms with Crippen molar-refractivity contribution in [2.75, 3.05) is 6.54 Å². The molecule has 0 saturated heterocycles. The summed E-state index contributed by atoms with van der Waals surface area (Å²) < 4.78 is 0. The number of thiophene rings is 1. The minimum absolute atomic E-state index is 0.150. The van der Waals surface area contributed by atoms with E-state index >= 15 is 0 Å². The van der Waals surface area contributed by atoms with Crippen molar-refractivity contribution in [1.29, 1.82) is 0 Å². The number of aryl methyl sites for hydroxylation is 1. The van der Waals surface area contributed by atoms with Crippen molar-refractivity contribution in [2.24, 2.45) is 17.1 Å². The average Bonchev–Trinajstić information content (AvgIpc) is 2.85. The Morgan fingerprint density at radius 1 is 1.53 bits per heavy atom. The fraction of sp³-hybridized carbons (Fsp3) is 0.750. The van der Waals surface area contributed by atoms with Crippen LogP contribution >= 0.6 is 11.3 Å². The van der Waals surface area contributed by atoms with Gasteiger partial charge in [-0.3, -0.25) is 0 Å². The lowest BCUT2D eigenvalue weighted by molar-refractivity contribution is -0.0997. The first-order valence-corrected chi connectivity index (χ1v) is 8.26. The summed E-state index contributed by atoms with van der Waals surface area (Å²) in [5.41, 5.74) is 5.18. The summed E-state index contributed by atoms with van der Waals surface area (Å²) >= 11 is 1.71. The van der Waals surface area contributed by atoms with Crippen LogP contribution in [-0.2, 0) is 5.60 Å². The molecule has 108 valence electrons. The highest BCUT2D eigenvalue weighted by molar-refractivity contribution is 7.12. The van der Waals surface area contributed by atoms with Gasteiger partial charge in [0.25, 0.3) is 0 Å². The minimum atomic E-state index is -0.797. The van der Waals surface area contributed by atoms with Crippen molar-refractivity contribution < 1.29 is 5.11 Å². The Morgan fingerprint density at radius 2 is 2.26 bits per heavy atom. The normalized spacial score (nSPS) is 31.1. The van der Waals surface area contributed by atoms with E-state index in [1.54, 1.807) is 11.3 Å². The standard InChI is InChI=1S/C16H27NOS/c1-4-13-6-5-9-16(10-13,11-17)15(3,18)14-8-7-12(2)19-14/h7-8,13,18H,4-6,9-11,17H2,1-3H3. The lowest BCUT2D eigenvalue weighted by Crippen LogP contribution is -2.50. The van der Waals surface area contributed by atoms with E-state index in [9.17, 15) is 5.11 Å². The molecule has 1 saturated carbocycles. The lowest BCUT2D eigenvalue weighted by atomic mass is 9.60. The minimum Gasteiger partial charge on any atom is -0.384 e. The van der Waals surface area contributed by atoms with E-state index in [4.69, 9.17) is 5.73 Å². The molecule has 1 heterocycles. The van der Waals surface area contributed by atoms with Crippen LogP contribution in [0.3, 0.4) is 0 Å². The zero-order valence-corrected chi connectivity index (χ0v) is 13.2. The molecule has 1 aliphatic rings. The zero-order valence-electron chi connectivity index (χ0n) is 12.4. The molecule has 1 fully saturated rings. The van der Waals surface area contributed by atoms with Crippen LogP contribution in [0.15, 0.2) is 12.1 Å². The van der Waals surface area contributed by atoms with E-state index < -0.39 is 5.60 Å². The SMILES string of the molecule is CCC1CCCC(CN)(C(C)(O)c2ccc(C)s2)C1. The maximum atomic E-state index is 11.2. The molecule has 0 aromatic carbocycles. The quantitative estimate of drug-likeness (QED) is 0.881. The first-order valence-electron chi connectivity index (χ1n) is 7.44. The number of aliphatic hydroxyl groups is 1. The topological polar surface area (TPSA) is 46.2 Å². The predicted molar refractivity (Wildman–Crippen MR) is 82.4 cm³/mol. The van der Waals surface area contributed by atoms with Crippen LogP contribution < -0.4 is 5.73 Å². The zero-order chi connectivity index (χ0) is 14.1. The van der Waals surface area contributed by atoms with Crippen LogP contribution in [0.1, 0.15) is 55.7 Å². The third kappa shape index (κ3) is 2.61. The first-order chi connectivity index (χ1) is 8.95. The summed E-state index contributed by atoms with van der Waals surface area (Å²) in [7, 11) is 0. The number of hydrogen-bond donors (Lipinski definition) is 2. The molecule has 0 amide bonds. The number of nitrogens with two attached hydrogens (primary N) is 1. The highest BCUT2D eigenvalue weighted by Crippen LogP contribution is 2.52. The smallest absolute Gasteiger partial charge is 0.103 e. The highest BCUT2D eigenvalue weighted by atomic mass is 32.1. The Bertz CT molecular complexity index is 426. The van der Waals surface area contributed by atoms with Gasteiger partial charge in [-0.25, -0.2) is 0 Å². The molecule has 19 heavy (non-hydrogen) atoms. The van der Waals surface area contributed by atoms with Crippen LogP contribution in [0.25, 0.3) is 0 Å². The molecule has 1 aromatic rings. The Morgan fingerprint density at radius 3 is 2.79 bits per heavy atom. The van der Waals surface area contributed by atoms with Crippen molar-refractivity contribution in [3.63, 3.8) is 0 Å². The summed E-state index contributed by atoms with van der Waals surface area (Å²) in [6, 6.07) is 4.17. The van der Waals surface area contributed by atoms with Crippen LogP contribution in [-0.4, -0.2) is 11.7 Å². The van der Waals surface area contributed by atoms with Gasteiger partial charge >= 0.3 is 0 Å². The Kier molecular flexibility index (Phi) is 4.38. The molecule has 1 aliphatic carbocycles. The predicted octanol–water partition coefficient (Wildman–Crippen LogP) is 3.81. The van der Waals surface area contributed by atoms with Gasteiger partial charge in [0.1, 0.15) is 5.60 Å².